The summed E-state index contributed by atoms with van der Waals surface area (Å²) in [6, 6.07) is 9.02. The monoisotopic (exact) mass is 286 g/mol. The lowest BCUT2D eigenvalue weighted by atomic mass is 9.94. The van der Waals surface area contributed by atoms with Crippen LogP contribution in [0.3, 0.4) is 0 Å². The van der Waals surface area contributed by atoms with Crippen LogP contribution in [-0.4, -0.2) is 33.0 Å². The topological polar surface area (TPSA) is 52.0 Å². The predicted octanol–water partition coefficient (Wildman–Crippen LogP) is 2.70. The van der Waals surface area contributed by atoms with E-state index in [1.807, 2.05) is 4.68 Å². The van der Waals surface area contributed by atoms with Gasteiger partial charge in [-0.3, -0.25) is 0 Å². The maximum Gasteiger partial charge on any atom is 0.137 e. The first-order chi connectivity index (χ1) is 10.1. The third kappa shape index (κ3) is 3.82. The summed E-state index contributed by atoms with van der Waals surface area (Å²) in [4.78, 5) is 3.95. The van der Waals surface area contributed by atoms with Crippen molar-refractivity contribution >= 4 is 5.69 Å². The van der Waals surface area contributed by atoms with Crippen molar-refractivity contribution in [2.75, 3.05) is 11.9 Å². The molecule has 0 bridgehead atoms. The van der Waals surface area contributed by atoms with Crippen LogP contribution in [0.25, 0.3) is 0 Å². The van der Waals surface area contributed by atoms with E-state index in [1.54, 1.807) is 12.7 Å². The van der Waals surface area contributed by atoms with Crippen molar-refractivity contribution < 1.29 is 4.74 Å². The van der Waals surface area contributed by atoms with Gasteiger partial charge >= 0.3 is 0 Å². The van der Waals surface area contributed by atoms with Gasteiger partial charge in [0.15, 0.2) is 0 Å². The minimum absolute atomic E-state index is 0.0249. The van der Waals surface area contributed by atoms with Gasteiger partial charge in [-0.25, -0.2) is 9.67 Å². The van der Waals surface area contributed by atoms with E-state index in [1.165, 1.54) is 11.3 Å². The maximum atomic E-state index is 5.76. The van der Waals surface area contributed by atoms with Crippen molar-refractivity contribution in [2.24, 2.45) is 0 Å². The highest BCUT2D eigenvalue weighted by atomic mass is 16.5. The summed E-state index contributed by atoms with van der Waals surface area (Å²) >= 11 is 0. The molecule has 1 aromatic carbocycles. The number of anilines is 1. The van der Waals surface area contributed by atoms with Crippen LogP contribution in [0.5, 0.6) is 0 Å². The minimum atomic E-state index is -0.0249. The zero-order chi connectivity index (χ0) is 14.7. The Morgan fingerprint density at radius 1 is 1.33 bits per heavy atom. The molecule has 5 nitrogen and oxygen atoms in total. The molecule has 1 atom stereocenters. The smallest absolute Gasteiger partial charge is 0.137 e. The molecule has 1 aromatic heterocycles. The third-order valence-electron chi connectivity index (χ3n) is 3.83. The summed E-state index contributed by atoms with van der Waals surface area (Å²) in [5.74, 6) is 0. The molecule has 1 aliphatic rings. The molecule has 1 aliphatic heterocycles. The van der Waals surface area contributed by atoms with Crippen LogP contribution in [0.1, 0.15) is 32.3 Å². The zero-order valence-electron chi connectivity index (χ0n) is 12.6. The Morgan fingerprint density at radius 2 is 2.14 bits per heavy atom. The van der Waals surface area contributed by atoms with E-state index in [4.69, 9.17) is 4.74 Å². The Hall–Kier alpha value is -1.88. The van der Waals surface area contributed by atoms with Crippen molar-refractivity contribution in [2.45, 2.75) is 44.9 Å². The molecule has 0 amide bonds. The van der Waals surface area contributed by atoms with Gasteiger partial charge < -0.3 is 10.1 Å². The van der Waals surface area contributed by atoms with E-state index in [0.717, 1.165) is 26.0 Å². The second-order valence-corrected chi connectivity index (χ2v) is 6.23. The van der Waals surface area contributed by atoms with Crippen molar-refractivity contribution in [3.8, 4) is 0 Å². The first-order valence-electron chi connectivity index (χ1n) is 7.43. The van der Waals surface area contributed by atoms with E-state index >= 15 is 0 Å². The fourth-order valence-electron chi connectivity index (χ4n) is 2.80. The number of ether oxygens (including phenoxy) is 1. The largest absolute Gasteiger partial charge is 0.382 e. The average Bonchev–Trinajstić information content (AvgIpc) is 2.93. The molecule has 3 rings (SSSR count). The van der Waals surface area contributed by atoms with Gasteiger partial charge in [-0.2, -0.15) is 5.10 Å². The molecule has 1 N–H and O–H groups in total. The number of hydrogen-bond donors (Lipinski definition) is 1. The number of rotatable bonds is 4. The summed E-state index contributed by atoms with van der Waals surface area (Å²) in [7, 11) is 0. The summed E-state index contributed by atoms with van der Waals surface area (Å²) in [5.41, 5.74) is 2.36. The molecular weight excluding hydrogens is 264 g/mol. The number of hydrogen-bond acceptors (Lipinski definition) is 4. The molecule has 0 aliphatic carbocycles. The van der Waals surface area contributed by atoms with Crippen molar-refractivity contribution in [3.05, 3.63) is 42.5 Å². The van der Waals surface area contributed by atoms with Crippen LogP contribution in [0.15, 0.2) is 36.9 Å². The van der Waals surface area contributed by atoms with Gasteiger partial charge in [0.05, 0.1) is 12.1 Å². The first-order valence-corrected chi connectivity index (χ1v) is 7.43. The van der Waals surface area contributed by atoms with Crippen LogP contribution >= 0.6 is 0 Å². The quantitative estimate of drug-likeness (QED) is 0.939. The van der Waals surface area contributed by atoms with E-state index < -0.39 is 0 Å². The number of aromatic nitrogens is 3. The van der Waals surface area contributed by atoms with Gasteiger partial charge in [-0.15, -0.1) is 0 Å². The zero-order valence-corrected chi connectivity index (χ0v) is 12.6. The summed E-state index contributed by atoms with van der Waals surface area (Å²) in [5, 5.41) is 7.73. The minimum Gasteiger partial charge on any atom is -0.382 e. The van der Waals surface area contributed by atoms with Crippen LogP contribution in [0.2, 0.25) is 0 Å². The van der Waals surface area contributed by atoms with Crippen molar-refractivity contribution in [1.29, 1.82) is 0 Å². The Kier molecular flexibility index (Phi) is 3.92. The second kappa shape index (κ2) is 5.85. The predicted molar refractivity (Wildman–Crippen MR) is 82.2 cm³/mol. The third-order valence-corrected chi connectivity index (χ3v) is 3.83. The van der Waals surface area contributed by atoms with E-state index in [2.05, 4.69) is 53.5 Å². The van der Waals surface area contributed by atoms with E-state index in [9.17, 15) is 0 Å². The highest BCUT2D eigenvalue weighted by Crippen LogP contribution is 2.26. The van der Waals surface area contributed by atoms with Gasteiger partial charge in [-0.05, 0) is 44.4 Å². The van der Waals surface area contributed by atoms with Crippen molar-refractivity contribution in [3.63, 3.8) is 0 Å². The van der Waals surface area contributed by atoms with Crippen molar-refractivity contribution in [1.82, 2.24) is 14.8 Å². The maximum absolute atomic E-state index is 5.76. The molecule has 1 saturated heterocycles. The molecule has 21 heavy (non-hydrogen) atoms. The molecule has 0 saturated carbocycles. The summed E-state index contributed by atoms with van der Waals surface area (Å²) < 4.78 is 7.58. The standard InChI is InChI=1S/C16H22N4O/c1-16(2)9-15(7-8-21-16)19-14-5-3-13(4-6-14)10-20-12-17-11-18-20/h3-6,11-12,15,19H,7-10H2,1-2H3. The lowest BCUT2D eigenvalue weighted by Crippen LogP contribution is -2.40. The SMILES string of the molecule is CC1(C)CC(Nc2ccc(Cn3cncn3)cc2)CCO1. The highest BCUT2D eigenvalue weighted by Gasteiger charge is 2.28. The van der Waals surface area contributed by atoms with Gasteiger partial charge in [0.2, 0.25) is 0 Å². The summed E-state index contributed by atoms with van der Waals surface area (Å²) in [6.07, 6.45) is 5.39. The number of benzene rings is 1. The van der Waals surface area contributed by atoms with Crippen LogP contribution in [-0.2, 0) is 11.3 Å². The lowest BCUT2D eigenvalue weighted by Gasteiger charge is -2.36. The van der Waals surface area contributed by atoms with Gasteiger partial charge in [0, 0.05) is 18.3 Å². The molecule has 2 aromatic rings. The molecular formula is C16H22N4O. The van der Waals surface area contributed by atoms with E-state index in [0.29, 0.717) is 6.04 Å². The van der Waals surface area contributed by atoms with Crippen LogP contribution in [0.4, 0.5) is 5.69 Å². The summed E-state index contributed by atoms with van der Waals surface area (Å²) in [6.45, 7) is 5.89. The molecule has 1 unspecified atom stereocenters. The Morgan fingerprint density at radius 3 is 2.81 bits per heavy atom. The normalized spacial score (nSPS) is 21.1. The molecule has 2 heterocycles. The Bertz CT molecular complexity index is 562. The molecule has 5 heteroatoms. The average molecular weight is 286 g/mol. The number of nitrogens with one attached hydrogen (secondary N) is 1. The Labute approximate surface area is 125 Å². The highest BCUT2D eigenvalue weighted by molar-refractivity contribution is 5.45. The molecule has 0 spiro atoms. The lowest BCUT2D eigenvalue weighted by molar-refractivity contribution is -0.0553. The molecule has 112 valence electrons. The molecule has 0 radical (unpaired) electrons. The van der Waals surface area contributed by atoms with Gasteiger partial charge in [-0.1, -0.05) is 12.1 Å². The van der Waals surface area contributed by atoms with E-state index in [-0.39, 0.29) is 5.60 Å². The first kappa shape index (κ1) is 14.1. The number of nitrogens with zero attached hydrogens (tertiary/aromatic N) is 3. The van der Waals surface area contributed by atoms with Gasteiger partial charge in [0.25, 0.3) is 0 Å². The Balaban J connectivity index is 1.59. The van der Waals surface area contributed by atoms with Gasteiger partial charge in [0.1, 0.15) is 12.7 Å². The fourth-order valence-corrected chi connectivity index (χ4v) is 2.80. The fraction of sp³-hybridized carbons (Fsp3) is 0.500. The second-order valence-electron chi connectivity index (χ2n) is 6.23. The van der Waals surface area contributed by atoms with Crippen LogP contribution in [0, 0.1) is 0 Å². The van der Waals surface area contributed by atoms with Crippen LogP contribution < -0.4 is 5.32 Å². The molecule has 1 fully saturated rings.